The summed E-state index contributed by atoms with van der Waals surface area (Å²) >= 11 is 2.60. The molecular weight excluding hydrogens is 490 g/mol. The number of carbonyl (C=O) groups excluding carboxylic acids is 2. The third-order valence-corrected chi connectivity index (χ3v) is 7.36. The fourth-order valence-electron chi connectivity index (χ4n) is 3.76. The minimum absolute atomic E-state index is 0.00450. The van der Waals surface area contributed by atoms with Gasteiger partial charge in [-0.3, -0.25) is 9.59 Å². The van der Waals surface area contributed by atoms with Crippen LogP contribution in [0.4, 0.5) is 13.9 Å². The second kappa shape index (κ2) is 10.4. The van der Waals surface area contributed by atoms with Crippen molar-refractivity contribution < 1.29 is 18.4 Å². The van der Waals surface area contributed by atoms with Crippen molar-refractivity contribution in [2.75, 3.05) is 19.4 Å². The molecule has 180 valence electrons. The van der Waals surface area contributed by atoms with Crippen molar-refractivity contribution in [2.45, 2.75) is 12.8 Å². The Labute approximate surface area is 209 Å². The zero-order chi connectivity index (χ0) is 25.1. The third kappa shape index (κ3) is 5.44. The van der Waals surface area contributed by atoms with Crippen LogP contribution < -0.4 is 5.32 Å². The van der Waals surface area contributed by atoms with E-state index in [0.717, 1.165) is 9.75 Å². The van der Waals surface area contributed by atoms with Crippen LogP contribution in [0.3, 0.4) is 0 Å². The summed E-state index contributed by atoms with van der Waals surface area (Å²) in [4.78, 5) is 28.1. The van der Waals surface area contributed by atoms with Gasteiger partial charge in [0.15, 0.2) is 0 Å². The molecule has 0 aliphatic heterocycles. The van der Waals surface area contributed by atoms with E-state index >= 15 is 0 Å². The molecule has 0 saturated heterocycles. The Bertz CT molecular complexity index is 1360. The third-order valence-electron chi connectivity index (χ3n) is 5.54. The highest BCUT2D eigenvalue weighted by molar-refractivity contribution is 7.15. The highest BCUT2D eigenvalue weighted by atomic mass is 32.1. The van der Waals surface area contributed by atoms with E-state index in [2.05, 4.69) is 15.5 Å². The molecule has 2 amide bonds. The molecule has 0 aliphatic carbocycles. The number of hydrogen-bond donors (Lipinski definition) is 1. The van der Waals surface area contributed by atoms with Gasteiger partial charge in [-0.2, -0.15) is 0 Å². The average molecular weight is 513 g/mol. The molecular formula is C25H22F2N4O2S2. The summed E-state index contributed by atoms with van der Waals surface area (Å²) in [7, 11) is 3.13. The first-order valence-electron chi connectivity index (χ1n) is 10.7. The number of nitrogens with one attached hydrogen (secondary N) is 1. The van der Waals surface area contributed by atoms with Crippen molar-refractivity contribution in [3.05, 3.63) is 87.7 Å². The van der Waals surface area contributed by atoms with Crippen LogP contribution in [0.5, 0.6) is 0 Å². The highest BCUT2D eigenvalue weighted by Crippen LogP contribution is 2.40. The number of benzene rings is 2. The van der Waals surface area contributed by atoms with Gasteiger partial charge < -0.3 is 10.2 Å². The summed E-state index contributed by atoms with van der Waals surface area (Å²) in [6.07, 6.45) is 0. The number of halogens is 2. The average Bonchev–Trinajstić information content (AvgIpc) is 3.51. The van der Waals surface area contributed by atoms with E-state index in [1.807, 2.05) is 12.1 Å². The Morgan fingerprint density at radius 2 is 1.86 bits per heavy atom. The number of thiophene rings is 1. The maximum absolute atomic E-state index is 14.7. The van der Waals surface area contributed by atoms with E-state index in [0.29, 0.717) is 16.3 Å². The summed E-state index contributed by atoms with van der Waals surface area (Å²) in [6, 6.07) is 14.3. The second-order valence-electron chi connectivity index (χ2n) is 8.15. The number of anilines is 1. The van der Waals surface area contributed by atoms with Gasteiger partial charge in [0, 0.05) is 35.7 Å². The molecule has 0 radical (unpaired) electrons. The van der Waals surface area contributed by atoms with E-state index in [4.69, 9.17) is 0 Å². The largest absolute Gasteiger partial charge is 0.345 e. The lowest BCUT2D eigenvalue weighted by Gasteiger charge is -2.22. The van der Waals surface area contributed by atoms with Crippen LogP contribution in [-0.4, -0.2) is 41.0 Å². The maximum Gasteiger partial charge on any atom is 0.256 e. The van der Waals surface area contributed by atoms with Crippen LogP contribution in [0.15, 0.2) is 60.1 Å². The Morgan fingerprint density at radius 3 is 2.51 bits per heavy atom. The van der Waals surface area contributed by atoms with Crippen molar-refractivity contribution in [3.8, 4) is 10.4 Å². The Balaban J connectivity index is 1.68. The van der Waals surface area contributed by atoms with Gasteiger partial charge in [-0.05, 0) is 47.5 Å². The molecule has 10 heteroatoms. The Morgan fingerprint density at radius 1 is 1.06 bits per heavy atom. The van der Waals surface area contributed by atoms with E-state index in [9.17, 15) is 18.4 Å². The van der Waals surface area contributed by atoms with Crippen LogP contribution in [0, 0.1) is 17.6 Å². The fraction of sp³-hybridized carbons (Fsp3) is 0.200. The SMILES string of the molecule is C[C@@H](C(=O)Nc1nncs1)[C@H](c1cccc(F)c1)c1ccc(-c2ccc(C(=O)N(C)C)c(F)c2)s1. The summed E-state index contributed by atoms with van der Waals surface area (Å²) in [5, 5.41) is 10.7. The molecule has 2 heterocycles. The van der Waals surface area contributed by atoms with Crippen LogP contribution >= 0.6 is 22.7 Å². The predicted octanol–water partition coefficient (Wildman–Crippen LogP) is 5.65. The van der Waals surface area contributed by atoms with E-state index in [1.165, 1.54) is 57.3 Å². The van der Waals surface area contributed by atoms with Crippen LogP contribution in [0.2, 0.25) is 0 Å². The molecule has 1 N–H and O–H groups in total. The molecule has 4 rings (SSSR count). The monoisotopic (exact) mass is 512 g/mol. The lowest BCUT2D eigenvalue weighted by atomic mass is 9.85. The van der Waals surface area contributed by atoms with E-state index in [1.54, 1.807) is 39.2 Å². The first-order chi connectivity index (χ1) is 16.7. The first-order valence-corrected chi connectivity index (χ1v) is 12.4. The van der Waals surface area contributed by atoms with E-state index in [-0.39, 0.29) is 11.5 Å². The van der Waals surface area contributed by atoms with Crippen LogP contribution in [0.1, 0.15) is 33.6 Å². The molecule has 0 unspecified atom stereocenters. The van der Waals surface area contributed by atoms with E-state index < -0.39 is 29.4 Å². The van der Waals surface area contributed by atoms with Crippen molar-refractivity contribution in [1.29, 1.82) is 0 Å². The van der Waals surface area contributed by atoms with Crippen molar-refractivity contribution in [3.63, 3.8) is 0 Å². The van der Waals surface area contributed by atoms with Crippen LogP contribution in [0.25, 0.3) is 10.4 Å². The summed E-state index contributed by atoms with van der Waals surface area (Å²) in [6.45, 7) is 1.77. The highest BCUT2D eigenvalue weighted by Gasteiger charge is 2.29. The quantitative estimate of drug-likeness (QED) is 0.347. The van der Waals surface area contributed by atoms with Crippen molar-refractivity contribution in [1.82, 2.24) is 15.1 Å². The zero-order valence-electron chi connectivity index (χ0n) is 19.2. The smallest absolute Gasteiger partial charge is 0.256 e. The topological polar surface area (TPSA) is 75.2 Å². The minimum atomic E-state index is -0.609. The molecule has 0 fully saturated rings. The second-order valence-corrected chi connectivity index (χ2v) is 10.1. The Hall–Kier alpha value is -3.50. The predicted molar refractivity (Wildman–Crippen MR) is 134 cm³/mol. The zero-order valence-corrected chi connectivity index (χ0v) is 20.8. The summed E-state index contributed by atoms with van der Waals surface area (Å²) in [5.74, 6) is -2.71. The first kappa shape index (κ1) is 24.6. The molecule has 2 aromatic heterocycles. The minimum Gasteiger partial charge on any atom is -0.345 e. The molecule has 0 bridgehead atoms. The van der Waals surface area contributed by atoms with Gasteiger partial charge in [-0.1, -0.05) is 36.5 Å². The molecule has 0 aliphatic rings. The number of nitrogens with zero attached hydrogens (tertiary/aromatic N) is 3. The maximum atomic E-state index is 14.7. The number of aromatic nitrogens is 2. The van der Waals surface area contributed by atoms with Crippen LogP contribution in [-0.2, 0) is 4.79 Å². The van der Waals surface area contributed by atoms with Gasteiger partial charge >= 0.3 is 0 Å². The van der Waals surface area contributed by atoms with Gasteiger partial charge in [0.25, 0.3) is 5.91 Å². The van der Waals surface area contributed by atoms with Crippen molar-refractivity contribution in [2.24, 2.45) is 5.92 Å². The number of carbonyl (C=O) groups is 2. The number of rotatable bonds is 7. The normalized spacial score (nSPS) is 12.7. The molecule has 0 spiro atoms. The summed E-state index contributed by atoms with van der Waals surface area (Å²) < 4.78 is 28.8. The van der Waals surface area contributed by atoms with Gasteiger partial charge in [-0.25, -0.2) is 8.78 Å². The fourth-order valence-corrected chi connectivity index (χ4v) is 5.44. The Kier molecular flexibility index (Phi) is 7.32. The molecule has 4 aromatic rings. The molecule has 35 heavy (non-hydrogen) atoms. The molecule has 6 nitrogen and oxygen atoms in total. The number of hydrogen-bond acceptors (Lipinski definition) is 6. The van der Waals surface area contributed by atoms with Gasteiger partial charge in [0.05, 0.1) is 5.56 Å². The molecule has 2 aromatic carbocycles. The van der Waals surface area contributed by atoms with Gasteiger partial charge in [0.1, 0.15) is 17.1 Å². The molecule has 0 saturated carbocycles. The number of amides is 2. The summed E-state index contributed by atoms with van der Waals surface area (Å²) in [5.41, 5.74) is 2.77. The lowest BCUT2D eigenvalue weighted by molar-refractivity contribution is -0.119. The van der Waals surface area contributed by atoms with Gasteiger partial charge in [-0.15, -0.1) is 21.5 Å². The standard InChI is InChI=1S/C25H22F2N4O2S2/c1-14(23(32)29-25-30-28-13-34-25)22(16-5-4-6-17(26)11-16)21-10-9-20(35-21)15-7-8-18(19(27)12-15)24(33)31(2)3/h4-14,22H,1-3H3,(H,29,30,32)/t14-,22-/m1/s1. The van der Waals surface area contributed by atoms with Gasteiger partial charge in [0.2, 0.25) is 11.0 Å². The van der Waals surface area contributed by atoms with Crippen molar-refractivity contribution >= 4 is 39.6 Å². The lowest BCUT2D eigenvalue weighted by Crippen LogP contribution is -2.26. The molecule has 2 atom stereocenters.